The number of benzene rings is 1. The Labute approximate surface area is 163 Å². The van der Waals surface area contributed by atoms with Crippen LogP contribution in [0.25, 0.3) is 11.1 Å². The average molecular weight is 406 g/mol. The molecule has 0 bridgehead atoms. The predicted molar refractivity (Wildman–Crippen MR) is 97.9 cm³/mol. The van der Waals surface area contributed by atoms with Crippen LogP contribution in [0.4, 0.5) is 18.9 Å². The van der Waals surface area contributed by atoms with Crippen molar-refractivity contribution in [1.29, 1.82) is 0 Å². The van der Waals surface area contributed by atoms with Gasteiger partial charge in [-0.15, -0.1) is 0 Å². The molecule has 0 saturated heterocycles. The molecule has 0 fully saturated rings. The molecule has 0 spiro atoms. The van der Waals surface area contributed by atoms with Gasteiger partial charge < -0.3 is 15.2 Å². The molecular formula is C19H17F3N4O3. The second-order valence-electron chi connectivity index (χ2n) is 6.65. The molecule has 0 atom stereocenters. The molecule has 0 radical (unpaired) electrons. The second-order valence-corrected chi connectivity index (χ2v) is 6.65. The minimum Gasteiger partial charge on any atom is -0.343 e. The molecule has 29 heavy (non-hydrogen) atoms. The van der Waals surface area contributed by atoms with Crippen LogP contribution in [0.1, 0.15) is 41.5 Å². The highest BCUT2D eigenvalue weighted by Gasteiger charge is 2.21. The Morgan fingerprint density at radius 2 is 1.90 bits per heavy atom. The summed E-state index contributed by atoms with van der Waals surface area (Å²) >= 11 is 0. The summed E-state index contributed by atoms with van der Waals surface area (Å²) in [7, 11) is 0. The van der Waals surface area contributed by atoms with Gasteiger partial charge in [0.1, 0.15) is 0 Å². The molecule has 2 aromatic heterocycles. The monoisotopic (exact) mass is 406 g/mol. The fourth-order valence-electron chi connectivity index (χ4n) is 2.66. The third kappa shape index (κ3) is 4.05. The maximum atomic E-state index is 13.6. The number of carbonyl (C=O) groups excluding carboxylic acids is 2. The Hall–Kier alpha value is -3.43. The summed E-state index contributed by atoms with van der Waals surface area (Å²) in [5, 5.41) is 8.71. The van der Waals surface area contributed by atoms with E-state index in [2.05, 4.69) is 20.8 Å². The van der Waals surface area contributed by atoms with Gasteiger partial charge in [0, 0.05) is 5.69 Å². The van der Waals surface area contributed by atoms with Gasteiger partial charge in [-0.2, -0.15) is 0 Å². The van der Waals surface area contributed by atoms with Gasteiger partial charge >= 0.3 is 0 Å². The minimum absolute atomic E-state index is 0.0102. The first-order chi connectivity index (χ1) is 13.7. The van der Waals surface area contributed by atoms with E-state index in [-0.39, 0.29) is 17.2 Å². The lowest BCUT2D eigenvalue weighted by Gasteiger charge is -2.10. The van der Waals surface area contributed by atoms with Crippen LogP contribution in [0.5, 0.6) is 0 Å². The van der Waals surface area contributed by atoms with Crippen molar-refractivity contribution in [3.63, 3.8) is 0 Å². The van der Waals surface area contributed by atoms with Gasteiger partial charge in [-0.3, -0.25) is 9.59 Å². The van der Waals surface area contributed by atoms with Crippen LogP contribution < -0.4 is 10.6 Å². The number of aromatic nitrogens is 2. The van der Waals surface area contributed by atoms with Gasteiger partial charge in [-0.05, 0) is 31.0 Å². The predicted octanol–water partition coefficient (Wildman–Crippen LogP) is 3.44. The number of carbonyl (C=O) groups is 2. The molecule has 2 amide bonds. The molecule has 0 unspecified atom stereocenters. The van der Waals surface area contributed by atoms with Crippen LogP contribution in [-0.4, -0.2) is 28.5 Å². The SMILES string of the molecule is Cc1noc2nc(C(C)C)cc(C(=O)NCC(=O)Nc3ccc(F)c(F)c3F)c12. The molecule has 2 heterocycles. The zero-order chi connectivity index (χ0) is 21.3. The molecule has 7 nitrogen and oxygen atoms in total. The molecular weight excluding hydrogens is 389 g/mol. The highest BCUT2D eigenvalue weighted by atomic mass is 19.2. The third-order valence-electron chi connectivity index (χ3n) is 4.19. The van der Waals surface area contributed by atoms with Crippen molar-refractivity contribution >= 4 is 28.6 Å². The summed E-state index contributed by atoms with van der Waals surface area (Å²) in [5.41, 5.74) is 0.955. The number of aryl methyl sites for hydroxylation is 1. The van der Waals surface area contributed by atoms with E-state index in [9.17, 15) is 22.8 Å². The largest absolute Gasteiger partial charge is 0.343 e. The van der Waals surface area contributed by atoms with Crippen LogP contribution in [-0.2, 0) is 4.79 Å². The fourth-order valence-corrected chi connectivity index (χ4v) is 2.66. The molecule has 10 heteroatoms. The fraction of sp³-hybridized carbons (Fsp3) is 0.263. The number of nitrogens with one attached hydrogen (secondary N) is 2. The smallest absolute Gasteiger partial charge is 0.259 e. The third-order valence-corrected chi connectivity index (χ3v) is 4.19. The molecule has 0 saturated carbocycles. The summed E-state index contributed by atoms with van der Waals surface area (Å²) in [5.74, 6) is -6.00. The summed E-state index contributed by atoms with van der Waals surface area (Å²) in [4.78, 5) is 29.0. The minimum atomic E-state index is -1.70. The molecule has 0 aliphatic heterocycles. The molecule has 3 rings (SSSR count). The number of amides is 2. The lowest BCUT2D eigenvalue weighted by molar-refractivity contribution is -0.115. The zero-order valence-electron chi connectivity index (χ0n) is 15.8. The Morgan fingerprint density at radius 3 is 2.59 bits per heavy atom. The Morgan fingerprint density at radius 1 is 1.17 bits per heavy atom. The normalized spacial score (nSPS) is 11.1. The first kappa shape index (κ1) is 20.3. The summed E-state index contributed by atoms with van der Waals surface area (Å²) in [6.45, 7) is 4.91. The number of hydrogen-bond donors (Lipinski definition) is 2. The van der Waals surface area contributed by atoms with Crippen molar-refractivity contribution in [3.05, 3.63) is 52.6 Å². The quantitative estimate of drug-likeness (QED) is 0.633. The number of halogens is 3. The molecule has 2 N–H and O–H groups in total. The molecule has 0 aliphatic carbocycles. The topological polar surface area (TPSA) is 97.1 Å². The van der Waals surface area contributed by atoms with Gasteiger partial charge in [0.25, 0.3) is 11.6 Å². The Kier molecular flexibility index (Phi) is 5.53. The summed E-state index contributed by atoms with van der Waals surface area (Å²) in [6.07, 6.45) is 0. The van der Waals surface area contributed by atoms with Crippen molar-refractivity contribution in [3.8, 4) is 0 Å². The Bertz CT molecular complexity index is 1110. The highest BCUT2D eigenvalue weighted by Crippen LogP contribution is 2.25. The summed E-state index contributed by atoms with van der Waals surface area (Å²) in [6, 6.07) is 3.15. The van der Waals surface area contributed by atoms with Crippen LogP contribution in [0.3, 0.4) is 0 Å². The first-order valence-corrected chi connectivity index (χ1v) is 8.67. The van der Waals surface area contributed by atoms with Gasteiger partial charge in [0.2, 0.25) is 5.91 Å². The lowest BCUT2D eigenvalue weighted by atomic mass is 10.0. The Balaban J connectivity index is 1.76. The van der Waals surface area contributed by atoms with E-state index < -0.39 is 41.5 Å². The highest BCUT2D eigenvalue weighted by molar-refractivity contribution is 6.07. The van der Waals surface area contributed by atoms with Crippen LogP contribution in [0.2, 0.25) is 0 Å². The number of anilines is 1. The van der Waals surface area contributed by atoms with E-state index >= 15 is 0 Å². The van der Waals surface area contributed by atoms with Crippen LogP contribution in [0.15, 0.2) is 22.7 Å². The van der Waals surface area contributed by atoms with E-state index in [0.29, 0.717) is 22.8 Å². The van der Waals surface area contributed by atoms with Crippen molar-refractivity contribution in [1.82, 2.24) is 15.5 Å². The van der Waals surface area contributed by atoms with Gasteiger partial charge in [-0.1, -0.05) is 19.0 Å². The first-order valence-electron chi connectivity index (χ1n) is 8.67. The second kappa shape index (κ2) is 7.90. The molecule has 0 aliphatic rings. The van der Waals surface area contributed by atoms with Crippen molar-refractivity contribution in [2.75, 3.05) is 11.9 Å². The zero-order valence-corrected chi connectivity index (χ0v) is 15.8. The van der Waals surface area contributed by atoms with Crippen LogP contribution >= 0.6 is 0 Å². The van der Waals surface area contributed by atoms with E-state index in [1.165, 1.54) is 0 Å². The van der Waals surface area contributed by atoms with Gasteiger partial charge in [0.05, 0.1) is 28.9 Å². The lowest BCUT2D eigenvalue weighted by Crippen LogP contribution is -2.33. The van der Waals surface area contributed by atoms with Gasteiger partial charge in [0.15, 0.2) is 17.5 Å². The molecule has 1 aromatic carbocycles. The number of hydrogen-bond acceptors (Lipinski definition) is 5. The standard InChI is InChI=1S/C19H17F3N4O3/c1-8(2)13-6-10(15-9(3)26-29-19(15)25-13)18(28)23-7-14(27)24-12-5-4-11(20)16(21)17(12)22/h4-6,8H,7H2,1-3H3,(H,23,28)(H,24,27). The van der Waals surface area contributed by atoms with E-state index in [1.807, 2.05) is 13.8 Å². The number of fused-ring (bicyclic) bond motifs is 1. The maximum Gasteiger partial charge on any atom is 0.259 e. The summed E-state index contributed by atoms with van der Waals surface area (Å²) < 4.78 is 45.0. The van der Waals surface area contributed by atoms with E-state index in [4.69, 9.17) is 4.52 Å². The van der Waals surface area contributed by atoms with Crippen molar-refractivity contribution in [2.24, 2.45) is 0 Å². The van der Waals surface area contributed by atoms with E-state index in [1.54, 1.807) is 13.0 Å². The maximum absolute atomic E-state index is 13.6. The number of nitrogens with zero attached hydrogens (tertiary/aromatic N) is 2. The van der Waals surface area contributed by atoms with Crippen molar-refractivity contribution in [2.45, 2.75) is 26.7 Å². The van der Waals surface area contributed by atoms with E-state index in [0.717, 1.165) is 6.07 Å². The average Bonchev–Trinajstić information content (AvgIpc) is 3.06. The molecule has 152 valence electrons. The molecule has 3 aromatic rings. The number of pyridine rings is 1. The van der Waals surface area contributed by atoms with Crippen molar-refractivity contribution < 1.29 is 27.3 Å². The van der Waals surface area contributed by atoms with Gasteiger partial charge in [-0.25, -0.2) is 18.2 Å². The van der Waals surface area contributed by atoms with Crippen LogP contribution in [0, 0.1) is 24.4 Å². The number of rotatable bonds is 5.